The number of nitrogens with two attached hydrogens (primary N) is 1. The van der Waals surface area contributed by atoms with Crippen LogP contribution in [0.2, 0.25) is 0 Å². The van der Waals surface area contributed by atoms with Crippen molar-refractivity contribution in [1.82, 2.24) is 0 Å². The quantitative estimate of drug-likeness (QED) is 0.155. The molecular formula is C42H49N3. The van der Waals surface area contributed by atoms with Gasteiger partial charge in [0, 0.05) is 30.2 Å². The van der Waals surface area contributed by atoms with E-state index in [-0.39, 0.29) is 5.92 Å². The van der Waals surface area contributed by atoms with Gasteiger partial charge in [-0.15, -0.1) is 0 Å². The van der Waals surface area contributed by atoms with Crippen molar-refractivity contribution in [2.45, 2.75) is 89.9 Å². The molecule has 0 fully saturated rings. The third-order valence-corrected chi connectivity index (χ3v) is 10.3. The standard InChI is InChI=1S/C42H49N3/c1-5-31-19-15-25-45-42-39(31)41-37(23-8-6-7-13-24-44-41)38(40(42)43)30(4)29(3)26-28(2)16-14-18-33-27-32-17-9-10-20-34(32)36-22-12-11-21-35(33)36/h7,9-13,15,17,19-22,24,26,30-31,33,45H,2,5-6,8,14,16,18,23,25,27,43H2,1,3-4H3/b13-7-,29-26-,44-24?. The van der Waals surface area contributed by atoms with Crippen LogP contribution in [0, 0.1) is 0 Å². The van der Waals surface area contributed by atoms with E-state index in [0.29, 0.717) is 11.8 Å². The molecular weight excluding hydrogens is 546 g/mol. The maximum Gasteiger partial charge on any atom is 0.0724 e. The summed E-state index contributed by atoms with van der Waals surface area (Å²) in [6.45, 7) is 12.1. The SMILES string of the molecule is C=C(/C=C(/C)C(C)c1c(N)c2c(c3c1CCC/C=C\C=N3)C(CC)C=CCN2)CCCC1Cc2ccccc2-c2ccccc21. The predicted octanol–water partition coefficient (Wildman–Crippen LogP) is 11.1. The third kappa shape index (κ3) is 6.36. The monoisotopic (exact) mass is 595 g/mol. The average Bonchev–Trinajstić information content (AvgIpc) is 3.19. The van der Waals surface area contributed by atoms with Gasteiger partial charge in [0.05, 0.1) is 17.1 Å². The van der Waals surface area contributed by atoms with Crippen molar-refractivity contribution in [3.63, 3.8) is 0 Å². The number of nitrogen functional groups attached to an aromatic ring is 1. The van der Waals surface area contributed by atoms with Crippen LogP contribution in [-0.4, -0.2) is 12.8 Å². The van der Waals surface area contributed by atoms with Crippen molar-refractivity contribution in [3.8, 4) is 11.1 Å². The molecule has 0 saturated carbocycles. The molecule has 3 atom stereocenters. The summed E-state index contributed by atoms with van der Waals surface area (Å²) < 4.78 is 0. The fraction of sp³-hybridized carbons (Fsp3) is 0.357. The molecule has 232 valence electrons. The highest BCUT2D eigenvalue weighted by atomic mass is 14.9. The van der Waals surface area contributed by atoms with E-state index < -0.39 is 0 Å². The fourth-order valence-corrected chi connectivity index (χ4v) is 7.81. The third-order valence-electron chi connectivity index (χ3n) is 10.3. The van der Waals surface area contributed by atoms with E-state index in [1.807, 2.05) is 6.21 Å². The number of anilines is 2. The zero-order valence-electron chi connectivity index (χ0n) is 27.4. The maximum atomic E-state index is 7.14. The number of hydrogen-bond donors (Lipinski definition) is 2. The minimum absolute atomic E-state index is 0.171. The Kier molecular flexibility index (Phi) is 9.54. The number of aliphatic imine (C=N–C) groups is 1. The van der Waals surface area contributed by atoms with Crippen molar-refractivity contribution < 1.29 is 0 Å². The Hall–Kier alpha value is -4.11. The molecule has 0 radical (unpaired) electrons. The van der Waals surface area contributed by atoms with Gasteiger partial charge >= 0.3 is 0 Å². The molecule has 0 spiro atoms. The molecule has 0 amide bonds. The summed E-state index contributed by atoms with van der Waals surface area (Å²) in [5.74, 6) is 1.03. The van der Waals surface area contributed by atoms with Crippen molar-refractivity contribution in [3.05, 3.63) is 124 Å². The minimum atomic E-state index is 0.171. The van der Waals surface area contributed by atoms with Gasteiger partial charge in [-0.3, -0.25) is 4.99 Å². The first-order chi connectivity index (χ1) is 22.0. The lowest BCUT2D eigenvalue weighted by atomic mass is 9.76. The Balaban J connectivity index is 1.23. The van der Waals surface area contributed by atoms with Crippen molar-refractivity contribution in [2.24, 2.45) is 4.99 Å². The lowest BCUT2D eigenvalue weighted by Crippen LogP contribution is -2.13. The van der Waals surface area contributed by atoms with E-state index >= 15 is 0 Å². The van der Waals surface area contributed by atoms with Crippen LogP contribution in [0.5, 0.6) is 0 Å². The number of hydrogen-bond acceptors (Lipinski definition) is 3. The van der Waals surface area contributed by atoms with Crippen molar-refractivity contribution in [1.29, 1.82) is 0 Å². The minimum Gasteiger partial charge on any atom is -0.397 e. The highest BCUT2D eigenvalue weighted by Gasteiger charge is 2.29. The van der Waals surface area contributed by atoms with Gasteiger partial charge in [-0.05, 0) is 104 Å². The van der Waals surface area contributed by atoms with Gasteiger partial charge in [-0.2, -0.15) is 0 Å². The summed E-state index contributed by atoms with van der Waals surface area (Å²) in [7, 11) is 0. The molecule has 0 bridgehead atoms. The lowest BCUT2D eigenvalue weighted by Gasteiger charge is -2.28. The normalized spacial score (nSPS) is 20.2. The highest BCUT2D eigenvalue weighted by Crippen LogP contribution is 2.50. The van der Waals surface area contributed by atoms with Crippen LogP contribution in [0.4, 0.5) is 17.1 Å². The van der Waals surface area contributed by atoms with Crippen LogP contribution >= 0.6 is 0 Å². The average molecular weight is 596 g/mol. The van der Waals surface area contributed by atoms with Gasteiger partial charge in [0.2, 0.25) is 0 Å². The molecule has 1 aliphatic carbocycles. The van der Waals surface area contributed by atoms with Gasteiger partial charge in [-0.25, -0.2) is 0 Å². The van der Waals surface area contributed by atoms with Gasteiger partial charge in [-0.1, -0.05) is 104 Å². The Morgan fingerprint density at radius 1 is 1.11 bits per heavy atom. The van der Waals surface area contributed by atoms with Crippen molar-refractivity contribution >= 4 is 23.3 Å². The van der Waals surface area contributed by atoms with E-state index in [4.69, 9.17) is 10.7 Å². The van der Waals surface area contributed by atoms with Crippen LogP contribution in [-0.2, 0) is 12.8 Å². The summed E-state index contributed by atoms with van der Waals surface area (Å²) in [6, 6.07) is 17.9. The number of fused-ring (bicyclic) bond motifs is 6. The Labute approximate surface area is 270 Å². The van der Waals surface area contributed by atoms with Crippen LogP contribution < -0.4 is 11.1 Å². The van der Waals surface area contributed by atoms with Crippen LogP contribution in [0.3, 0.4) is 0 Å². The molecule has 0 saturated heterocycles. The molecule has 45 heavy (non-hydrogen) atoms. The smallest absolute Gasteiger partial charge is 0.0724 e. The Morgan fingerprint density at radius 2 is 1.91 bits per heavy atom. The molecule has 3 heteroatoms. The predicted molar refractivity (Wildman–Crippen MR) is 195 cm³/mol. The molecule has 3 aromatic rings. The van der Waals surface area contributed by atoms with Gasteiger partial charge in [0.1, 0.15) is 0 Å². The molecule has 0 aromatic heterocycles. The first kappa shape index (κ1) is 30.9. The molecule has 6 rings (SSSR count). The van der Waals surface area contributed by atoms with Crippen LogP contribution in [0.15, 0.2) is 102 Å². The molecule has 3 unspecified atom stereocenters. The van der Waals surface area contributed by atoms with Crippen molar-refractivity contribution in [2.75, 3.05) is 17.6 Å². The van der Waals surface area contributed by atoms with Gasteiger partial charge in [0.15, 0.2) is 0 Å². The second-order valence-electron chi connectivity index (χ2n) is 13.2. The van der Waals surface area contributed by atoms with Crippen LogP contribution in [0.25, 0.3) is 11.1 Å². The Bertz CT molecular complexity index is 1680. The fourth-order valence-electron chi connectivity index (χ4n) is 7.81. The van der Waals surface area contributed by atoms with Gasteiger partial charge in [0.25, 0.3) is 0 Å². The number of rotatable bonds is 8. The molecule has 3 nitrogen and oxygen atoms in total. The lowest BCUT2D eigenvalue weighted by molar-refractivity contribution is 0.585. The zero-order valence-corrected chi connectivity index (χ0v) is 27.4. The molecule has 3 aliphatic rings. The largest absolute Gasteiger partial charge is 0.397 e. The van der Waals surface area contributed by atoms with E-state index in [1.165, 1.54) is 56.5 Å². The summed E-state index contributed by atoms with van der Waals surface area (Å²) in [6.07, 6.45) is 21.8. The Morgan fingerprint density at radius 3 is 2.76 bits per heavy atom. The first-order valence-corrected chi connectivity index (χ1v) is 17.1. The summed E-state index contributed by atoms with van der Waals surface area (Å²) in [5, 5.41) is 3.67. The number of benzene rings is 3. The molecule has 3 N–H and O–H groups in total. The maximum absolute atomic E-state index is 7.14. The topological polar surface area (TPSA) is 50.4 Å². The highest BCUT2D eigenvalue weighted by molar-refractivity contribution is 5.88. The number of nitrogens with zero attached hydrogens (tertiary/aromatic N) is 1. The summed E-state index contributed by atoms with van der Waals surface area (Å²) in [4.78, 5) is 5.10. The second-order valence-corrected chi connectivity index (χ2v) is 13.2. The van der Waals surface area contributed by atoms with E-state index in [2.05, 4.69) is 112 Å². The second kappa shape index (κ2) is 13.9. The van der Waals surface area contributed by atoms with E-state index in [0.717, 1.165) is 68.6 Å². The van der Waals surface area contributed by atoms with E-state index in [1.54, 1.807) is 0 Å². The summed E-state index contributed by atoms with van der Waals surface area (Å²) in [5.41, 5.74) is 22.4. The van der Waals surface area contributed by atoms with Crippen LogP contribution in [0.1, 0.15) is 105 Å². The van der Waals surface area contributed by atoms with Gasteiger partial charge < -0.3 is 11.1 Å². The first-order valence-electron chi connectivity index (χ1n) is 17.1. The molecule has 3 aromatic carbocycles. The summed E-state index contributed by atoms with van der Waals surface area (Å²) >= 11 is 0. The molecule has 2 aliphatic heterocycles. The van der Waals surface area contributed by atoms with E-state index in [9.17, 15) is 0 Å². The number of nitrogens with one attached hydrogen (secondary N) is 1. The molecule has 2 heterocycles. The zero-order chi connectivity index (χ0) is 31.3. The number of allylic oxidation sites excluding steroid dienone is 6.